The fourth-order valence-electron chi connectivity index (χ4n) is 3.50. The lowest BCUT2D eigenvalue weighted by atomic mass is 10.0. The highest BCUT2D eigenvalue weighted by Gasteiger charge is 2.26. The second-order valence-corrected chi connectivity index (χ2v) is 7.99. The highest BCUT2D eigenvalue weighted by molar-refractivity contribution is 6.03. The summed E-state index contributed by atoms with van der Waals surface area (Å²) in [5.41, 5.74) is 4.62. The molecule has 6 nitrogen and oxygen atoms in total. The van der Waals surface area contributed by atoms with Gasteiger partial charge in [-0.05, 0) is 56.0 Å². The van der Waals surface area contributed by atoms with Crippen molar-refractivity contribution in [3.8, 4) is 0 Å². The third kappa shape index (κ3) is 5.15. The Balaban J connectivity index is 1.99. The lowest BCUT2D eigenvalue weighted by molar-refractivity contribution is -0.857. The molecule has 2 aromatic rings. The highest BCUT2D eigenvalue weighted by Crippen LogP contribution is 2.38. The van der Waals surface area contributed by atoms with Gasteiger partial charge in [0, 0.05) is 5.69 Å². The van der Waals surface area contributed by atoms with E-state index in [2.05, 4.69) is 11.4 Å². The van der Waals surface area contributed by atoms with Crippen molar-refractivity contribution in [2.24, 2.45) is 0 Å². The molecule has 0 saturated carbocycles. The van der Waals surface area contributed by atoms with Crippen LogP contribution >= 0.6 is 0 Å². The number of carbonyl (C=O) groups is 2. The maximum Gasteiger partial charge on any atom is 0.411 e. The molecule has 0 bridgehead atoms. The third-order valence-corrected chi connectivity index (χ3v) is 4.90. The second kappa shape index (κ2) is 9.09. The van der Waals surface area contributed by atoms with E-state index >= 15 is 0 Å². The Kier molecular flexibility index (Phi) is 6.54. The number of rotatable bonds is 5. The van der Waals surface area contributed by atoms with E-state index in [1.807, 2.05) is 55.4 Å². The van der Waals surface area contributed by atoms with Gasteiger partial charge in [0.1, 0.15) is 0 Å². The summed E-state index contributed by atoms with van der Waals surface area (Å²) in [6.45, 7) is 4.37. The molecule has 2 N–H and O–H groups in total. The largest absolute Gasteiger partial charge is 0.447 e. The van der Waals surface area contributed by atoms with Gasteiger partial charge in [0.2, 0.25) is 5.91 Å². The summed E-state index contributed by atoms with van der Waals surface area (Å²) in [7, 11) is 4.08. The van der Waals surface area contributed by atoms with Gasteiger partial charge in [-0.1, -0.05) is 24.3 Å². The molecule has 0 atom stereocenters. The summed E-state index contributed by atoms with van der Waals surface area (Å²) >= 11 is 0. The molecule has 29 heavy (non-hydrogen) atoms. The van der Waals surface area contributed by atoms with Crippen molar-refractivity contribution in [3.05, 3.63) is 53.6 Å². The summed E-state index contributed by atoms with van der Waals surface area (Å²) in [4.78, 5) is 28.3. The zero-order chi connectivity index (χ0) is 21.0. The number of amides is 2. The van der Waals surface area contributed by atoms with Gasteiger partial charge < -0.3 is 9.64 Å². The molecule has 0 aliphatic carbocycles. The minimum Gasteiger partial charge on any atom is -0.447 e. The van der Waals surface area contributed by atoms with Gasteiger partial charge in [-0.15, -0.1) is 0 Å². The van der Waals surface area contributed by atoms with Crippen LogP contribution in [0.2, 0.25) is 0 Å². The van der Waals surface area contributed by atoms with Gasteiger partial charge in [0.05, 0.1) is 44.5 Å². The van der Waals surface area contributed by atoms with Crippen LogP contribution in [0.1, 0.15) is 31.4 Å². The van der Waals surface area contributed by atoms with Gasteiger partial charge in [0.15, 0.2) is 0 Å². The van der Waals surface area contributed by atoms with Gasteiger partial charge in [0.25, 0.3) is 0 Å². The van der Waals surface area contributed by atoms with Crippen LogP contribution in [0.4, 0.5) is 21.9 Å². The molecular formula is C23H30N3O3+. The predicted molar refractivity (Wildman–Crippen MR) is 115 cm³/mol. The molecule has 0 spiro atoms. The smallest absolute Gasteiger partial charge is 0.411 e. The lowest BCUT2D eigenvalue weighted by Gasteiger charge is -2.26. The number of hydrogen-bond acceptors (Lipinski definition) is 3. The Morgan fingerprint density at radius 2 is 1.76 bits per heavy atom. The number of aryl methyl sites for hydroxylation is 2. The summed E-state index contributed by atoms with van der Waals surface area (Å²) in [5, 5.41) is 2.77. The monoisotopic (exact) mass is 396 g/mol. The summed E-state index contributed by atoms with van der Waals surface area (Å²) < 4.78 is 5.19. The fraction of sp³-hybridized carbons (Fsp3) is 0.391. The summed E-state index contributed by atoms with van der Waals surface area (Å²) in [6, 6.07) is 13.8. The summed E-state index contributed by atoms with van der Waals surface area (Å²) in [6.07, 6.45) is 1.46. The average Bonchev–Trinajstić information content (AvgIpc) is 2.82. The molecule has 6 heteroatoms. The fourth-order valence-corrected chi connectivity index (χ4v) is 3.50. The number of hydrogen-bond donors (Lipinski definition) is 2. The Morgan fingerprint density at radius 1 is 1.07 bits per heavy atom. The molecular weight excluding hydrogens is 366 g/mol. The molecule has 2 aromatic carbocycles. The number of para-hydroxylation sites is 1. The van der Waals surface area contributed by atoms with Crippen molar-refractivity contribution < 1.29 is 19.2 Å². The van der Waals surface area contributed by atoms with Crippen molar-refractivity contribution in [3.63, 3.8) is 0 Å². The first-order chi connectivity index (χ1) is 13.8. The molecule has 0 unspecified atom stereocenters. The number of carbonyl (C=O) groups excluding carboxylic acids is 2. The first-order valence-electron chi connectivity index (χ1n) is 10.2. The van der Waals surface area contributed by atoms with Crippen LogP contribution in [0.15, 0.2) is 42.5 Å². The molecule has 0 saturated heterocycles. The standard InChI is InChI=1S/C23H29N3O3/c1-16(2)29-23(28)24-19-12-11-18-10-9-17-7-5-6-8-20(17)26(21(18)15-19)22(27)13-14-25(3)4/h5-8,11-12,15-16H,9-10,13-14H2,1-4H3,(H,24,28)/p+1. The van der Waals surface area contributed by atoms with Crippen molar-refractivity contribution in [1.29, 1.82) is 0 Å². The van der Waals surface area contributed by atoms with Crippen LogP contribution in [0, 0.1) is 0 Å². The molecule has 2 amide bonds. The Morgan fingerprint density at radius 3 is 2.45 bits per heavy atom. The number of anilines is 3. The lowest BCUT2D eigenvalue weighted by Crippen LogP contribution is -3.05. The maximum atomic E-state index is 13.3. The van der Waals surface area contributed by atoms with E-state index in [1.54, 1.807) is 13.8 Å². The molecule has 1 aliphatic rings. The maximum absolute atomic E-state index is 13.3. The van der Waals surface area contributed by atoms with E-state index in [9.17, 15) is 9.59 Å². The van der Waals surface area contributed by atoms with Crippen LogP contribution in [0.5, 0.6) is 0 Å². The Labute approximate surface area is 172 Å². The first-order valence-corrected chi connectivity index (χ1v) is 10.2. The molecule has 0 aromatic heterocycles. The van der Waals surface area contributed by atoms with Crippen molar-refractivity contribution in [2.45, 2.75) is 39.2 Å². The van der Waals surface area contributed by atoms with E-state index in [-0.39, 0.29) is 12.0 Å². The molecule has 0 radical (unpaired) electrons. The van der Waals surface area contributed by atoms with E-state index in [1.165, 1.54) is 4.90 Å². The van der Waals surface area contributed by atoms with E-state index in [0.717, 1.165) is 41.9 Å². The molecule has 1 aliphatic heterocycles. The number of fused-ring (bicyclic) bond motifs is 2. The van der Waals surface area contributed by atoms with Crippen molar-refractivity contribution >= 4 is 29.1 Å². The molecule has 154 valence electrons. The van der Waals surface area contributed by atoms with Gasteiger partial charge >= 0.3 is 6.09 Å². The quantitative estimate of drug-likeness (QED) is 0.817. The zero-order valence-corrected chi connectivity index (χ0v) is 17.6. The minimum absolute atomic E-state index is 0.0590. The zero-order valence-electron chi connectivity index (χ0n) is 17.6. The van der Waals surface area contributed by atoms with Gasteiger partial charge in [-0.3, -0.25) is 15.0 Å². The summed E-state index contributed by atoms with van der Waals surface area (Å²) in [5.74, 6) is 0.0590. The van der Waals surface area contributed by atoms with Crippen molar-refractivity contribution in [1.82, 2.24) is 0 Å². The molecule has 0 fully saturated rings. The van der Waals surface area contributed by atoms with E-state index in [4.69, 9.17) is 4.74 Å². The van der Waals surface area contributed by atoms with Crippen LogP contribution < -0.4 is 15.1 Å². The van der Waals surface area contributed by atoms with E-state index in [0.29, 0.717) is 12.1 Å². The average molecular weight is 397 g/mol. The van der Waals surface area contributed by atoms with E-state index < -0.39 is 6.09 Å². The normalized spacial score (nSPS) is 13.0. The Hall–Kier alpha value is -2.86. The number of nitrogens with one attached hydrogen (secondary N) is 2. The number of quaternary nitrogens is 1. The SMILES string of the molecule is CC(C)OC(=O)Nc1ccc2c(c1)N(C(=O)CC[NH+](C)C)c1ccccc1CC2. The van der Waals surface area contributed by atoms with Gasteiger partial charge in [-0.2, -0.15) is 0 Å². The number of benzene rings is 2. The van der Waals surface area contributed by atoms with Crippen LogP contribution in [0.25, 0.3) is 0 Å². The molecule has 3 rings (SSSR count). The predicted octanol–water partition coefficient (Wildman–Crippen LogP) is 2.94. The molecule has 1 heterocycles. The Bertz CT molecular complexity index is 893. The topological polar surface area (TPSA) is 63.1 Å². The highest BCUT2D eigenvalue weighted by atomic mass is 16.6. The van der Waals surface area contributed by atoms with Crippen LogP contribution in [-0.2, 0) is 22.4 Å². The number of ether oxygens (including phenoxy) is 1. The van der Waals surface area contributed by atoms with Crippen molar-refractivity contribution in [2.75, 3.05) is 30.9 Å². The minimum atomic E-state index is -0.497. The van der Waals surface area contributed by atoms with Crippen LogP contribution in [-0.4, -0.2) is 38.7 Å². The first kappa shape index (κ1) is 20.9. The third-order valence-electron chi connectivity index (χ3n) is 4.90. The van der Waals surface area contributed by atoms with Crippen LogP contribution in [0.3, 0.4) is 0 Å². The second-order valence-electron chi connectivity index (χ2n) is 7.99. The van der Waals surface area contributed by atoms with Gasteiger partial charge in [-0.25, -0.2) is 4.79 Å². The number of nitrogens with zero attached hydrogens (tertiary/aromatic N) is 1.